The van der Waals surface area contributed by atoms with Crippen molar-refractivity contribution < 1.29 is 23.8 Å². The number of ether oxygens (including phenoxy) is 1. The predicted octanol–water partition coefficient (Wildman–Crippen LogP) is 7.45. The molecule has 2 aromatic carbocycles. The lowest BCUT2D eigenvalue weighted by Crippen LogP contribution is -2.28. The molecule has 2 heterocycles. The minimum absolute atomic E-state index is 0.125. The van der Waals surface area contributed by atoms with Crippen molar-refractivity contribution in [2.75, 3.05) is 0 Å². The number of carbonyl (C=O) groups is 2. The van der Waals surface area contributed by atoms with Gasteiger partial charge in [-0.05, 0) is 95.8 Å². The number of carboxylic acids is 1. The van der Waals surface area contributed by atoms with Crippen molar-refractivity contribution in [1.29, 1.82) is 0 Å². The van der Waals surface area contributed by atoms with Crippen LogP contribution in [0.15, 0.2) is 76.3 Å². The van der Waals surface area contributed by atoms with Gasteiger partial charge in [0.2, 0.25) is 0 Å². The standard InChI is InChI=1S/C33H34N2O5S/c1-33(2,3)24-12-15-27-28(17-24)41-31(29(27)30(36)34-19-26-5-4-16-39-26)35-18-21-8-13-25(14-9-21)40-20-22-6-10-23(11-7-22)32(37)38/h4-11,13-14,16,18,24H,12,15,17,19-20H2,1-3H3,(H,34,36)(H,37,38)/t24-/m1/s1. The average molecular weight is 571 g/mol. The molecule has 1 atom stereocenters. The molecule has 0 bridgehead atoms. The quantitative estimate of drug-likeness (QED) is 0.204. The first-order valence-corrected chi connectivity index (χ1v) is 14.5. The number of nitrogens with one attached hydrogen (secondary N) is 1. The Morgan fingerprint density at radius 1 is 1.12 bits per heavy atom. The molecule has 5 rings (SSSR count). The van der Waals surface area contributed by atoms with E-state index in [-0.39, 0.29) is 16.9 Å². The third kappa shape index (κ3) is 6.95. The number of rotatable bonds is 9. The van der Waals surface area contributed by atoms with E-state index in [0.29, 0.717) is 36.1 Å². The van der Waals surface area contributed by atoms with E-state index in [1.165, 1.54) is 4.88 Å². The first-order valence-electron chi connectivity index (χ1n) is 13.7. The topological polar surface area (TPSA) is 101 Å². The Bertz CT molecular complexity index is 1530. The molecule has 0 fully saturated rings. The summed E-state index contributed by atoms with van der Waals surface area (Å²) in [5.41, 5.74) is 4.03. The lowest BCUT2D eigenvalue weighted by Gasteiger charge is -2.33. The van der Waals surface area contributed by atoms with Crippen molar-refractivity contribution >= 4 is 34.4 Å². The summed E-state index contributed by atoms with van der Waals surface area (Å²) in [6, 6.07) is 17.9. The van der Waals surface area contributed by atoms with Crippen molar-refractivity contribution in [3.8, 4) is 5.75 Å². The van der Waals surface area contributed by atoms with Crippen LogP contribution in [0.1, 0.15) is 75.2 Å². The number of aliphatic imine (C=N–C) groups is 1. The number of carboxylic acid groups (broad SMARTS) is 1. The van der Waals surface area contributed by atoms with Crippen molar-refractivity contribution in [2.24, 2.45) is 16.3 Å². The molecule has 1 aliphatic rings. The van der Waals surface area contributed by atoms with Gasteiger partial charge in [0.15, 0.2) is 0 Å². The Labute approximate surface area is 243 Å². The van der Waals surface area contributed by atoms with Gasteiger partial charge >= 0.3 is 5.97 Å². The summed E-state index contributed by atoms with van der Waals surface area (Å²) in [6.07, 6.45) is 6.28. The molecule has 7 nitrogen and oxygen atoms in total. The van der Waals surface area contributed by atoms with Crippen LogP contribution in [0, 0.1) is 11.3 Å². The zero-order valence-corrected chi connectivity index (χ0v) is 24.3. The van der Waals surface area contributed by atoms with Crippen LogP contribution in [0.25, 0.3) is 0 Å². The number of amides is 1. The fourth-order valence-corrected chi connectivity index (χ4v) is 6.27. The van der Waals surface area contributed by atoms with E-state index >= 15 is 0 Å². The number of furan rings is 1. The summed E-state index contributed by atoms with van der Waals surface area (Å²) in [4.78, 5) is 30.5. The van der Waals surface area contributed by atoms with Crippen molar-refractivity contribution in [1.82, 2.24) is 5.32 Å². The highest BCUT2D eigenvalue weighted by atomic mass is 32.1. The second-order valence-electron chi connectivity index (χ2n) is 11.4. The largest absolute Gasteiger partial charge is 0.489 e. The maximum Gasteiger partial charge on any atom is 0.335 e. The second kappa shape index (κ2) is 12.1. The van der Waals surface area contributed by atoms with Gasteiger partial charge < -0.3 is 19.6 Å². The molecule has 0 unspecified atom stereocenters. The SMILES string of the molecule is CC(C)(C)[C@@H]1CCc2c(sc(N=Cc3ccc(OCc4ccc(C(=O)O)cc4)cc3)c2C(=O)NCc2ccco2)C1. The smallest absolute Gasteiger partial charge is 0.335 e. The van der Waals surface area contributed by atoms with Gasteiger partial charge in [-0.3, -0.25) is 4.79 Å². The van der Waals surface area contributed by atoms with E-state index in [0.717, 1.165) is 41.0 Å². The van der Waals surface area contributed by atoms with Gasteiger partial charge in [-0.2, -0.15) is 0 Å². The molecule has 1 amide bonds. The van der Waals surface area contributed by atoms with Gasteiger partial charge in [0, 0.05) is 11.1 Å². The van der Waals surface area contributed by atoms with E-state index in [1.54, 1.807) is 48.1 Å². The van der Waals surface area contributed by atoms with Crippen LogP contribution in [0.5, 0.6) is 5.75 Å². The second-order valence-corrected chi connectivity index (χ2v) is 12.5. The van der Waals surface area contributed by atoms with Crippen LogP contribution in [0.4, 0.5) is 5.00 Å². The third-order valence-corrected chi connectivity index (χ3v) is 8.68. The summed E-state index contributed by atoms with van der Waals surface area (Å²) in [5, 5.41) is 12.8. The highest BCUT2D eigenvalue weighted by Crippen LogP contribution is 2.45. The average Bonchev–Trinajstić information content (AvgIpc) is 3.61. The first kappa shape index (κ1) is 28.4. The molecule has 212 valence electrons. The van der Waals surface area contributed by atoms with Crippen molar-refractivity contribution in [3.63, 3.8) is 0 Å². The molecule has 2 N–H and O–H groups in total. The summed E-state index contributed by atoms with van der Waals surface area (Å²) in [7, 11) is 0. The molecule has 2 aromatic heterocycles. The summed E-state index contributed by atoms with van der Waals surface area (Å²) in [6.45, 7) is 7.52. The molecule has 41 heavy (non-hydrogen) atoms. The van der Waals surface area contributed by atoms with E-state index in [4.69, 9.17) is 19.3 Å². The number of benzene rings is 2. The van der Waals surface area contributed by atoms with Gasteiger partial charge in [0.25, 0.3) is 5.91 Å². The Kier molecular flexibility index (Phi) is 8.40. The summed E-state index contributed by atoms with van der Waals surface area (Å²) in [5.74, 6) is 0.892. The minimum atomic E-state index is -0.951. The Hall–Kier alpha value is -4.17. The highest BCUT2D eigenvalue weighted by molar-refractivity contribution is 7.16. The number of thiophene rings is 1. The van der Waals surface area contributed by atoms with Crippen molar-refractivity contribution in [3.05, 3.63) is 105 Å². The third-order valence-electron chi connectivity index (χ3n) is 7.52. The fourth-order valence-electron chi connectivity index (χ4n) is 5.00. The van der Waals surface area contributed by atoms with Gasteiger partial charge in [-0.15, -0.1) is 11.3 Å². The summed E-state index contributed by atoms with van der Waals surface area (Å²) < 4.78 is 11.3. The van der Waals surface area contributed by atoms with E-state index < -0.39 is 5.97 Å². The molecule has 0 saturated heterocycles. The summed E-state index contributed by atoms with van der Waals surface area (Å²) >= 11 is 1.62. The van der Waals surface area contributed by atoms with E-state index in [1.807, 2.05) is 36.4 Å². The van der Waals surface area contributed by atoms with Crippen LogP contribution < -0.4 is 10.1 Å². The molecule has 8 heteroatoms. The lowest BCUT2D eigenvalue weighted by molar-refractivity contribution is 0.0696. The highest BCUT2D eigenvalue weighted by Gasteiger charge is 2.33. The van der Waals surface area contributed by atoms with Gasteiger partial charge in [0.1, 0.15) is 23.1 Å². The molecule has 4 aromatic rings. The normalized spacial score (nSPS) is 15.0. The number of fused-ring (bicyclic) bond motifs is 1. The monoisotopic (exact) mass is 570 g/mol. The maximum absolute atomic E-state index is 13.4. The fraction of sp³-hybridized carbons (Fsp3) is 0.303. The van der Waals surface area contributed by atoms with Crippen LogP contribution in [-0.2, 0) is 26.0 Å². The van der Waals surface area contributed by atoms with Gasteiger partial charge in [-0.25, -0.2) is 9.79 Å². The number of hydrogen-bond acceptors (Lipinski definition) is 6. The zero-order valence-electron chi connectivity index (χ0n) is 23.5. The van der Waals surface area contributed by atoms with Crippen LogP contribution in [-0.4, -0.2) is 23.2 Å². The van der Waals surface area contributed by atoms with Gasteiger partial charge in [0.05, 0.1) is 23.9 Å². The lowest BCUT2D eigenvalue weighted by atomic mass is 9.72. The first-order chi connectivity index (χ1) is 19.7. The predicted molar refractivity (Wildman–Crippen MR) is 161 cm³/mol. The number of aromatic carboxylic acids is 1. The number of hydrogen-bond donors (Lipinski definition) is 2. The van der Waals surface area contributed by atoms with Gasteiger partial charge in [-0.1, -0.05) is 32.9 Å². The van der Waals surface area contributed by atoms with Crippen LogP contribution in [0.2, 0.25) is 0 Å². The van der Waals surface area contributed by atoms with E-state index in [9.17, 15) is 9.59 Å². The Morgan fingerprint density at radius 2 is 1.88 bits per heavy atom. The Balaban J connectivity index is 1.30. The van der Waals surface area contributed by atoms with Crippen LogP contribution >= 0.6 is 11.3 Å². The Morgan fingerprint density at radius 3 is 2.54 bits per heavy atom. The molecular weight excluding hydrogens is 536 g/mol. The van der Waals surface area contributed by atoms with Crippen molar-refractivity contribution in [2.45, 2.75) is 53.2 Å². The molecular formula is C33H34N2O5S. The molecule has 0 radical (unpaired) electrons. The minimum Gasteiger partial charge on any atom is -0.489 e. The number of carbonyl (C=O) groups excluding carboxylic acids is 1. The molecule has 0 aliphatic heterocycles. The van der Waals surface area contributed by atoms with Crippen LogP contribution in [0.3, 0.4) is 0 Å². The molecule has 1 aliphatic carbocycles. The zero-order chi connectivity index (χ0) is 29.0. The van der Waals surface area contributed by atoms with E-state index in [2.05, 4.69) is 26.1 Å². The number of nitrogens with zero attached hydrogens (tertiary/aromatic N) is 1. The molecule has 0 saturated carbocycles. The maximum atomic E-state index is 13.4. The molecule has 0 spiro atoms.